The van der Waals surface area contributed by atoms with Gasteiger partial charge in [0.2, 0.25) is 5.95 Å². The van der Waals surface area contributed by atoms with Crippen molar-refractivity contribution < 1.29 is 4.74 Å². The van der Waals surface area contributed by atoms with Crippen molar-refractivity contribution in [2.24, 2.45) is 0 Å². The molecule has 1 heterocycles. The summed E-state index contributed by atoms with van der Waals surface area (Å²) in [4.78, 5) is 9.01. The van der Waals surface area contributed by atoms with Crippen molar-refractivity contribution in [3.63, 3.8) is 0 Å². The Bertz CT molecular complexity index is 544. The first-order chi connectivity index (χ1) is 9.24. The van der Waals surface area contributed by atoms with Crippen LogP contribution in [-0.4, -0.2) is 36.3 Å². The summed E-state index contributed by atoms with van der Waals surface area (Å²) >= 11 is 0. The summed E-state index contributed by atoms with van der Waals surface area (Å²) in [6.45, 7) is 5.52. The van der Waals surface area contributed by atoms with Gasteiger partial charge in [0.05, 0.1) is 12.1 Å². The number of hydrogen-bond donors (Lipinski definition) is 2. The van der Waals surface area contributed by atoms with Gasteiger partial charge < -0.3 is 15.4 Å². The molecule has 2 aromatic rings. The number of nitrogens with one attached hydrogen (secondary N) is 2. The molecule has 0 saturated heterocycles. The molecule has 5 heteroatoms. The molecule has 19 heavy (non-hydrogen) atoms. The molecule has 5 nitrogen and oxygen atoms in total. The summed E-state index contributed by atoms with van der Waals surface area (Å²) in [5, 5.41) is 7.54. The molecule has 1 aromatic carbocycles. The van der Waals surface area contributed by atoms with Crippen LogP contribution >= 0.6 is 0 Å². The second-order valence-electron chi connectivity index (χ2n) is 4.44. The number of methoxy groups -OCH3 is 1. The van der Waals surface area contributed by atoms with E-state index in [9.17, 15) is 0 Å². The van der Waals surface area contributed by atoms with E-state index in [1.54, 1.807) is 7.11 Å². The maximum Gasteiger partial charge on any atom is 0.225 e. The Hall–Kier alpha value is -1.88. The van der Waals surface area contributed by atoms with Crippen molar-refractivity contribution in [1.29, 1.82) is 0 Å². The highest BCUT2D eigenvalue weighted by atomic mass is 16.5. The van der Waals surface area contributed by atoms with Gasteiger partial charge in [0, 0.05) is 25.1 Å². The second-order valence-corrected chi connectivity index (χ2v) is 4.44. The number of fused-ring (bicyclic) bond motifs is 1. The standard InChI is InChI=1S/C14H20N4O/c1-4-15-14-17-12-8-6-5-7-11(12)13(18-14)16-10(2)9-19-3/h5-8,10H,4,9H2,1-3H3,(H2,15,16,17,18). The summed E-state index contributed by atoms with van der Waals surface area (Å²) in [6, 6.07) is 8.17. The van der Waals surface area contributed by atoms with Crippen molar-refractivity contribution >= 4 is 22.7 Å². The Morgan fingerprint density at radius 3 is 2.79 bits per heavy atom. The molecule has 0 aliphatic heterocycles. The molecular weight excluding hydrogens is 240 g/mol. The smallest absolute Gasteiger partial charge is 0.225 e. The largest absolute Gasteiger partial charge is 0.383 e. The highest BCUT2D eigenvalue weighted by Crippen LogP contribution is 2.22. The third-order valence-electron chi connectivity index (χ3n) is 2.74. The second kappa shape index (κ2) is 6.33. The molecule has 1 atom stereocenters. The first-order valence-corrected chi connectivity index (χ1v) is 6.50. The maximum absolute atomic E-state index is 5.14. The third kappa shape index (κ3) is 3.32. The van der Waals surface area contributed by atoms with Crippen molar-refractivity contribution in [2.45, 2.75) is 19.9 Å². The normalized spacial score (nSPS) is 12.4. The summed E-state index contributed by atoms with van der Waals surface area (Å²) in [7, 11) is 1.69. The van der Waals surface area contributed by atoms with Crippen LogP contribution in [0.4, 0.5) is 11.8 Å². The number of anilines is 2. The predicted octanol–water partition coefficient (Wildman–Crippen LogP) is 2.51. The van der Waals surface area contributed by atoms with Crippen molar-refractivity contribution in [3.8, 4) is 0 Å². The quantitative estimate of drug-likeness (QED) is 0.835. The zero-order chi connectivity index (χ0) is 13.7. The number of benzene rings is 1. The minimum Gasteiger partial charge on any atom is -0.383 e. The minimum atomic E-state index is 0.192. The van der Waals surface area contributed by atoms with Gasteiger partial charge in [0.25, 0.3) is 0 Å². The number of hydrogen-bond acceptors (Lipinski definition) is 5. The molecule has 0 saturated carbocycles. The molecule has 0 fully saturated rings. The lowest BCUT2D eigenvalue weighted by Gasteiger charge is -2.16. The third-order valence-corrected chi connectivity index (χ3v) is 2.74. The van der Waals surface area contributed by atoms with Gasteiger partial charge in [-0.2, -0.15) is 4.98 Å². The first kappa shape index (κ1) is 13.5. The van der Waals surface area contributed by atoms with Crippen LogP contribution in [0.3, 0.4) is 0 Å². The van der Waals surface area contributed by atoms with Gasteiger partial charge in [-0.3, -0.25) is 0 Å². The molecule has 0 radical (unpaired) electrons. The van der Waals surface area contributed by atoms with Crippen LogP contribution in [0.1, 0.15) is 13.8 Å². The van der Waals surface area contributed by atoms with Gasteiger partial charge in [0.1, 0.15) is 5.82 Å². The molecule has 0 spiro atoms. The average molecular weight is 260 g/mol. The first-order valence-electron chi connectivity index (χ1n) is 6.50. The number of rotatable bonds is 6. The summed E-state index contributed by atoms with van der Waals surface area (Å²) in [5.41, 5.74) is 0.931. The Morgan fingerprint density at radius 2 is 2.05 bits per heavy atom. The van der Waals surface area contributed by atoms with E-state index in [1.165, 1.54) is 0 Å². The number of para-hydroxylation sites is 1. The van der Waals surface area contributed by atoms with Crippen molar-refractivity contribution in [2.75, 3.05) is 30.9 Å². The van der Waals surface area contributed by atoms with E-state index in [4.69, 9.17) is 4.74 Å². The molecule has 102 valence electrons. The van der Waals surface area contributed by atoms with Crippen molar-refractivity contribution in [3.05, 3.63) is 24.3 Å². The van der Waals surface area contributed by atoms with Crippen LogP contribution in [0.2, 0.25) is 0 Å². The Labute approximate surface area is 113 Å². The van der Waals surface area contributed by atoms with Crippen LogP contribution in [0, 0.1) is 0 Å². The summed E-state index contributed by atoms with van der Waals surface area (Å²) < 4.78 is 5.14. The van der Waals surface area contributed by atoms with E-state index in [1.807, 2.05) is 31.2 Å². The van der Waals surface area contributed by atoms with Gasteiger partial charge in [-0.15, -0.1) is 0 Å². The number of aromatic nitrogens is 2. The fraction of sp³-hybridized carbons (Fsp3) is 0.429. The lowest BCUT2D eigenvalue weighted by atomic mass is 10.2. The summed E-state index contributed by atoms with van der Waals surface area (Å²) in [5.74, 6) is 1.49. The molecule has 2 rings (SSSR count). The van der Waals surface area contributed by atoms with Crippen LogP contribution in [0.25, 0.3) is 10.9 Å². The fourth-order valence-electron chi connectivity index (χ4n) is 1.95. The SMILES string of the molecule is CCNc1nc(NC(C)COC)c2ccccc2n1. The highest BCUT2D eigenvalue weighted by molar-refractivity contribution is 5.90. The molecule has 0 bridgehead atoms. The van der Waals surface area contributed by atoms with Crippen LogP contribution in [-0.2, 0) is 4.74 Å². The van der Waals surface area contributed by atoms with Crippen LogP contribution in [0.5, 0.6) is 0 Å². The van der Waals surface area contributed by atoms with Gasteiger partial charge in [-0.1, -0.05) is 12.1 Å². The molecule has 1 unspecified atom stereocenters. The zero-order valence-electron chi connectivity index (χ0n) is 11.6. The lowest BCUT2D eigenvalue weighted by Crippen LogP contribution is -2.22. The molecule has 0 amide bonds. The van der Waals surface area contributed by atoms with E-state index in [2.05, 4.69) is 27.5 Å². The Morgan fingerprint density at radius 1 is 1.26 bits per heavy atom. The molecule has 1 aromatic heterocycles. The molecule has 2 N–H and O–H groups in total. The van der Waals surface area contributed by atoms with E-state index in [0.717, 1.165) is 23.3 Å². The minimum absolute atomic E-state index is 0.192. The average Bonchev–Trinajstić information content (AvgIpc) is 2.39. The van der Waals surface area contributed by atoms with Crippen molar-refractivity contribution in [1.82, 2.24) is 9.97 Å². The van der Waals surface area contributed by atoms with E-state index in [-0.39, 0.29) is 6.04 Å². The topological polar surface area (TPSA) is 59.1 Å². The lowest BCUT2D eigenvalue weighted by molar-refractivity contribution is 0.190. The zero-order valence-corrected chi connectivity index (χ0v) is 11.6. The molecule has 0 aliphatic carbocycles. The van der Waals surface area contributed by atoms with Gasteiger partial charge in [-0.05, 0) is 26.0 Å². The maximum atomic E-state index is 5.14. The van der Waals surface area contributed by atoms with Crippen LogP contribution in [0.15, 0.2) is 24.3 Å². The van der Waals surface area contributed by atoms with E-state index in [0.29, 0.717) is 12.6 Å². The number of nitrogens with zero attached hydrogens (tertiary/aromatic N) is 2. The van der Waals surface area contributed by atoms with Gasteiger partial charge in [0.15, 0.2) is 0 Å². The molecular formula is C14H20N4O. The summed E-state index contributed by atoms with van der Waals surface area (Å²) in [6.07, 6.45) is 0. The van der Waals surface area contributed by atoms with E-state index >= 15 is 0 Å². The Balaban J connectivity index is 2.38. The van der Waals surface area contributed by atoms with Gasteiger partial charge >= 0.3 is 0 Å². The van der Waals surface area contributed by atoms with E-state index < -0.39 is 0 Å². The van der Waals surface area contributed by atoms with Gasteiger partial charge in [-0.25, -0.2) is 4.98 Å². The molecule has 0 aliphatic rings. The predicted molar refractivity (Wildman–Crippen MR) is 78.7 cm³/mol. The highest BCUT2D eigenvalue weighted by Gasteiger charge is 2.09. The van der Waals surface area contributed by atoms with Crippen LogP contribution < -0.4 is 10.6 Å². The monoisotopic (exact) mass is 260 g/mol. The fourth-order valence-corrected chi connectivity index (χ4v) is 1.95. The Kier molecular flexibility index (Phi) is 4.52. The number of ether oxygens (including phenoxy) is 1.